The van der Waals surface area contributed by atoms with Crippen LogP contribution in [0.1, 0.15) is 6.92 Å². The Morgan fingerprint density at radius 2 is 2.18 bits per heavy atom. The van der Waals surface area contributed by atoms with Crippen LogP contribution in [0.5, 0.6) is 0 Å². The van der Waals surface area contributed by atoms with Crippen LogP contribution in [0.15, 0.2) is 36.3 Å². The molecular weight excluding hydrogens is 136 g/mol. The summed E-state index contributed by atoms with van der Waals surface area (Å²) in [5.41, 5.74) is 1.28. The number of rotatable bonds is 0. The summed E-state index contributed by atoms with van der Waals surface area (Å²) < 4.78 is 0. The van der Waals surface area contributed by atoms with Gasteiger partial charge in [-0.3, -0.25) is 0 Å². The summed E-state index contributed by atoms with van der Waals surface area (Å²) in [6.07, 6.45) is 11.0. The molecule has 0 fully saturated rings. The van der Waals surface area contributed by atoms with Crippen molar-refractivity contribution in [1.82, 2.24) is 9.80 Å². The van der Waals surface area contributed by atoms with Crippen molar-refractivity contribution in [1.29, 1.82) is 0 Å². The predicted molar refractivity (Wildman–Crippen MR) is 45.4 cm³/mol. The highest BCUT2D eigenvalue weighted by Gasteiger charge is 2.23. The molecule has 2 heteroatoms. The van der Waals surface area contributed by atoms with Crippen molar-refractivity contribution in [3.63, 3.8) is 0 Å². The van der Waals surface area contributed by atoms with E-state index in [9.17, 15) is 0 Å². The molecule has 1 atom stereocenters. The van der Waals surface area contributed by atoms with E-state index in [1.807, 2.05) is 0 Å². The van der Waals surface area contributed by atoms with Crippen LogP contribution in [0, 0.1) is 0 Å². The molecule has 0 aromatic rings. The number of hydrogen-bond donors (Lipinski definition) is 0. The zero-order valence-electron chi connectivity index (χ0n) is 6.86. The maximum atomic E-state index is 2.25. The maximum absolute atomic E-state index is 2.25. The Kier molecular flexibility index (Phi) is 1.28. The molecule has 2 aliphatic heterocycles. The van der Waals surface area contributed by atoms with Gasteiger partial charge in [0.15, 0.2) is 0 Å². The first kappa shape index (κ1) is 6.53. The van der Waals surface area contributed by atoms with Crippen LogP contribution >= 0.6 is 0 Å². The summed E-state index contributed by atoms with van der Waals surface area (Å²) in [5.74, 6) is 0. The molecule has 1 unspecified atom stereocenters. The van der Waals surface area contributed by atoms with Crippen LogP contribution in [0.4, 0.5) is 0 Å². The zero-order valence-corrected chi connectivity index (χ0v) is 6.86. The summed E-state index contributed by atoms with van der Waals surface area (Å²) >= 11 is 0. The average Bonchev–Trinajstić information content (AvgIpc) is 2.30. The normalized spacial score (nSPS) is 27.5. The van der Waals surface area contributed by atoms with Crippen LogP contribution in [0.2, 0.25) is 0 Å². The van der Waals surface area contributed by atoms with Crippen molar-refractivity contribution in [3.8, 4) is 0 Å². The van der Waals surface area contributed by atoms with Gasteiger partial charge >= 0.3 is 0 Å². The maximum Gasteiger partial charge on any atom is 0.102 e. The van der Waals surface area contributed by atoms with Gasteiger partial charge in [-0.15, -0.1) is 0 Å². The first-order chi connectivity index (χ1) is 5.29. The third kappa shape index (κ3) is 0.862. The fourth-order valence-corrected chi connectivity index (χ4v) is 1.43. The topological polar surface area (TPSA) is 6.48 Å². The third-order valence-corrected chi connectivity index (χ3v) is 2.25. The minimum Gasteiger partial charge on any atom is -0.358 e. The predicted octanol–water partition coefficient (Wildman–Crippen LogP) is 1.50. The smallest absolute Gasteiger partial charge is 0.102 e. The minimum atomic E-state index is 0.464. The van der Waals surface area contributed by atoms with Crippen LogP contribution < -0.4 is 0 Å². The first-order valence-corrected chi connectivity index (χ1v) is 3.86. The lowest BCUT2D eigenvalue weighted by Crippen LogP contribution is -2.31. The largest absolute Gasteiger partial charge is 0.358 e. The van der Waals surface area contributed by atoms with Gasteiger partial charge in [0.1, 0.15) is 6.17 Å². The fourth-order valence-electron chi connectivity index (χ4n) is 1.43. The third-order valence-electron chi connectivity index (χ3n) is 2.25. The molecule has 0 amide bonds. The van der Waals surface area contributed by atoms with E-state index < -0.39 is 0 Å². The van der Waals surface area contributed by atoms with Gasteiger partial charge < -0.3 is 9.80 Å². The van der Waals surface area contributed by atoms with E-state index in [4.69, 9.17) is 0 Å². The van der Waals surface area contributed by atoms with E-state index in [-0.39, 0.29) is 0 Å². The van der Waals surface area contributed by atoms with E-state index >= 15 is 0 Å². The van der Waals surface area contributed by atoms with Crippen molar-refractivity contribution >= 4 is 0 Å². The molecule has 0 bridgehead atoms. The second-order valence-electron chi connectivity index (χ2n) is 2.96. The number of nitrogens with zero attached hydrogens (tertiary/aromatic N) is 2. The Balaban J connectivity index is 2.32. The van der Waals surface area contributed by atoms with Gasteiger partial charge in [0.05, 0.1) is 5.70 Å². The van der Waals surface area contributed by atoms with E-state index in [1.165, 1.54) is 5.70 Å². The highest BCUT2D eigenvalue weighted by Crippen LogP contribution is 2.24. The van der Waals surface area contributed by atoms with Crippen LogP contribution in [0.25, 0.3) is 0 Å². The highest BCUT2D eigenvalue weighted by molar-refractivity contribution is 5.30. The SMILES string of the molecule is CC1N(C)C=C2C=CC=CN21. The molecule has 2 aliphatic rings. The number of allylic oxidation sites excluding steroid dienone is 3. The minimum absolute atomic E-state index is 0.464. The lowest BCUT2D eigenvalue weighted by Gasteiger charge is -2.26. The second-order valence-corrected chi connectivity index (χ2v) is 2.96. The molecule has 0 radical (unpaired) electrons. The van der Waals surface area contributed by atoms with Gasteiger partial charge in [0.2, 0.25) is 0 Å². The zero-order chi connectivity index (χ0) is 7.84. The van der Waals surface area contributed by atoms with Crippen molar-refractivity contribution in [2.45, 2.75) is 13.1 Å². The summed E-state index contributed by atoms with van der Waals surface area (Å²) in [5, 5.41) is 0. The Morgan fingerprint density at radius 1 is 1.36 bits per heavy atom. The van der Waals surface area contributed by atoms with Gasteiger partial charge in [0.25, 0.3) is 0 Å². The number of fused-ring (bicyclic) bond motifs is 1. The summed E-state index contributed by atoms with van der Waals surface area (Å²) in [6, 6.07) is 0. The molecule has 0 aromatic carbocycles. The quantitative estimate of drug-likeness (QED) is 0.513. The van der Waals surface area contributed by atoms with Crippen LogP contribution in [-0.2, 0) is 0 Å². The molecule has 0 aromatic heterocycles. The summed E-state index contributed by atoms with van der Waals surface area (Å²) in [7, 11) is 2.09. The van der Waals surface area contributed by atoms with Crippen molar-refractivity contribution in [2.24, 2.45) is 0 Å². The van der Waals surface area contributed by atoms with Gasteiger partial charge in [0, 0.05) is 19.4 Å². The Bertz CT molecular complexity index is 250. The monoisotopic (exact) mass is 148 g/mol. The lowest BCUT2D eigenvalue weighted by atomic mass is 10.3. The molecular formula is C9H12N2. The number of hydrogen-bond acceptors (Lipinski definition) is 2. The van der Waals surface area contributed by atoms with Gasteiger partial charge in [-0.2, -0.15) is 0 Å². The lowest BCUT2D eigenvalue weighted by molar-refractivity contribution is 0.240. The summed E-state index contributed by atoms with van der Waals surface area (Å²) in [6.45, 7) is 2.19. The van der Waals surface area contributed by atoms with Crippen molar-refractivity contribution < 1.29 is 0 Å². The Hall–Kier alpha value is -1.18. The van der Waals surface area contributed by atoms with Crippen molar-refractivity contribution in [3.05, 3.63) is 36.3 Å². The molecule has 11 heavy (non-hydrogen) atoms. The molecule has 2 rings (SSSR count). The van der Waals surface area contributed by atoms with Crippen LogP contribution in [0.3, 0.4) is 0 Å². The standard InChI is InChI=1S/C9H12N2/c1-8-10(2)7-9-5-3-4-6-11(8)9/h3-8H,1-2H3. The van der Waals surface area contributed by atoms with E-state index in [2.05, 4.69) is 54.4 Å². The van der Waals surface area contributed by atoms with Crippen LogP contribution in [-0.4, -0.2) is 23.0 Å². The van der Waals surface area contributed by atoms with E-state index in [0.29, 0.717) is 6.17 Å². The molecule has 0 aliphatic carbocycles. The molecule has 2 nitrogen and oxygen atoms in total. The van der Waals surface area contributed by atoms with Crippen molar-refractivity contribution in [2.75, 3.05) is 7.05 Å². The Labute approximate surface area is 67.1 Å². The van der Waals surface area contributed by atoms with E-state index in [1.54, 1.807) is 0 Å². The molecule has 0 saturated heterocycles. The first-order valence-electron chi connectivity index (χ1n) is 3.86. The van der Waals surface area contributed by atoms with Gasteiger partial charge in [-0.1, -0.05) is 6.08 Å². The molecule has 58 valence electrons. The molecule has 0 N–H and O–H groups in total. The fraction of sp³-hybridized carbons (Fsp3) is 0.333. The molecule has 0 spiro atoms. The van der Waals surface area contributed by atoms with E-state index in [0.717, 1.165) is 0 Å². The average molecular weight is 148 g/mol. The highest BCUT2D eigenvalue weighted by atomic mass is 15.4. The van der Waals surface area contributed by atoms with Gasteiger partial charge in [-0.05, 0) is 19.1 Å². The molecule has 0 saturated carbocycles. The summed E-state index contributed by atoms with van der Waals surface area (Å²) in [4.78, 5) is 4.45. The molecule has 2 heterocycles. The second kappa shape index (κ2) is 2.16. The Morgan fingerprint density at radius 3 is 2.91 bits per heavy atom. The van der Waals surface area contributed by atoms with Gasteiger partial charge in [-0.25, -0.2) is 0 Å².